The van der Waals surface area contributed by atoms with Gasteiger partial charge in [-0.3, -0.25) is 10.1 Å². The van der Waals surface area contributed by atoms with Gasteiger partial charge in [-0.05, 0) is 44.4 Å². The van der Waals surface area contributed by atoms with Gasteiger partial charge < -0.3 is 9.26 Å². The molecule has 1 aromatic rings. The molecule has 1 aliphatic rings. The van der Waals surface area contributed by atoms with Crippen molar-refractivity contribution in [1.82, 2.24) is 5.16 Å². The highest BCUT2D eigenvalue weighted by atomic mass is 32.2. The number of carbonyl (C=O) groups excluding carboxylic acids is 1. The lowest BCUT2D eigenvalue weighted by molar-refractivity contribution is -0.118. The molecule has 1 amide bonds. The van der Waals surface area contributed by atoms with Gasteiger partial charge in [-0.15, -0.1) is 0 Å². The van der Waals surface area contributed by atoms with Crippen molar-refractivity contribution in [2.45, 2.75) is 58.6 Å². The second-order valence-electron chi connectivity index (χ2n) is 8.72. The van der Waals surface area contributed by atoms with Crippen molar-refractivity contribution in [3.05, 3.63) is 11.8 Å². The van der Waals surface area contributed by atoms with E-state index >= 15 is 0 Å². The summed E-state index contributed by atoms with van der Waals surface area (Å²) in [7, 11) is -3.63. The van der Waals surface area contributed by atoms with Gasteiger partial charge in [0, 0.05) is 19.3 Å². The molecule has 0 spiro atoms. The molecule has 7 nitrogen and oxygen atoms in total. The van der Waals surface area contributed by atoms with Crippen molar-refractivity contribution in [2.75, 3.05) is 24.3 Å². The summed E-state index contributed by atoms with van der Waals surface area (Å²) in [4.78, 5) is 12.6. The molecule has 0 aromatic carbocycles. The lowest BCUT2D eigenvalue weighted by Gasteiger charge is -2.28. The Bertz CT molecular complexity index is 725. The van der Waals surface area contributed by atoms with Crippen LogP contribution in [0.5, 0.6) is 0 Å². The number of rotatable bonds is 6. The maximum atomic E-state index is 12.8. The van der Waals surface area contributed by atoms with E-state index in [9.17, 15) is 13.2 Å². The van der Waals surface area contributed by atoms with Crippen molar-refractivity contribution >= 4 is 21.6 Å². The SMILES string of the molecule is CC(C)(C)Cc1cc(NC(=O)C(C)(C)S(=O)(=O)CC2CCOCC2)on1. The number of sulfone groups is 1. The van der Waals surface area contributed by atoms with E-state index in [1.807, 2.05) is 0 Å². The number of hydrogen-bond acceptors (Lipinski definition) is 6. The Hall–Kier alpha value is -1.41. The third-order valence-corrected chi connectivity index (χ3v) is 7.28. The summed E-state index contributed by atoms with van der Waals surface area (Å²) in [6.07, 6.45) is 2.10. The summed E-state index contributed by atoms with van der Waals surface area (Å²) in [5.41, 5.74) is 0.750. The summed E-state index contributed by atoms with van der Waals surface area (Å²) < 4.78 is 34.5. The second kappa shape index (κ2) is 7.68. The minimum atomic E-state index is -3.63. The zero-order valence-electron chi connectivity index (χ0n) is 16.3. The fourth-order valence-corrected chi connectivity index (χ4v) is 4.54. The third-order valence-electron chi connectivity index (χ3n) is 4.63. The van der Waals surface area contributed by atoms with Crippen LogP contribution >= 0.6 is 0 Å². The lowest BCUT2D eigenvalue weighted by Crippen LogP contribution is -2.47. The highest BCUT2D eigenvalue weighted by Gasteiger charge is 2.43. The lowest BCUT2D eigenvalue weighted by atomic mass is 9.91. The van der Waals surface area contributed by atoms with Gasteiger partial charge in [0.05, 0.1) is 11.4 Å². The summed E-state index contributed by atoms with van der Waals surface area (Å²) in [6, 6.07) is 1.64. The van der Waals surface area contributed by atoms with E-state index in [0.29, 0.717) is 32.5 Å². The quantitative estimate of drug-likeness (QED) is 0.807. The molecule has 1 saturated heterocycles. The van der Waals surface area contributed by atoms with Crippen LogP contribution in [0, 0.1) is 11.3 Å². The summed E-state index contributed by atoms with van der Waals surface area (Å²) >= 11 is 0. The Labute approximate surface area is 155 Å². The molecule has 0 saturated carbocycles. The van der Waals surface area contributed by atoms with Crippen molar-refractivity contribution in [2.24, 2.45) is 11.3 Å². The normalized spacial score (nSPS) is 17.3. The average Bonchev–Trinajstić information content (AvgIpc) is 2.92. The highest BCUT2D eigenvalue weighted by molar-refractivity contribution is 7.93. The fourth-order valence-electron chi connectivity index (χ4n) is 2.83. The molecule has 2 heterocycles. The number of nitrogens with one attached hydrogen (secondary N) is 1. The molecule has 1 aromatic heterocycles. The molecule has 1 aliphatic heterocycles. The molecular weight excluding hydrogens is 356 g/mol. The van der Waals surface area contributed by atoms with Gasteiger partial charge in [0.15, 0.2) is 9.84 Å². The first kappa shape index (κ1) is 20.9. The molecular formula is C18H30N2O5S. The third kappa shape index (κ3) is 5.30. The van der Waals surface area contributed by atoms with Crippen LogP contribution in [-0.4, -0.2) is 43.2 Å². The molecule has 148 valence electrons. The van der Waals surface area contributed by atoms with Gasteiger partial charge in [0.1, 0.15) is 4.75 Å². The van der Waals surface area contributed by atoms with Crippen LogP contribution in [0.3, 0.4) is 0 Å². The van der Waals surface area contributed by atoms with Crippen LogP contribution < -0.4 is 5.32 Å². The predicted octanol–water partition coefficient (Wildman–Crippen LogP) is 2.82. The largest absolute Gasteiger partial charge is 0.381 e. The van der Waals surface area contributed by atoms with E-state index in [0.717, 1.165) is 5.69 Å². The maximum Gasteiger partial charge on any atom is 0.247 e. The number of anilines is 1. The van der Waals surface area contributed by atoms with Gasteiger partial charge in [-0.2, -0.15) is 0 Å². The number of nitrogens with zero attached hydrogens (tertiary/aromatic N) is 1. The smallest absolute Gasteiger partial charge is 0.247 e. The molecule has 0 bridgehead atoms. The van der Waals surface area contributed by atoms with Crippen LogP contribution in [0.25, 0.3) is 0 Å². The van der Waals surface area contributed by atoms with Crippen molar-refractivity contribution in [3.8, 4) is 0 Å². The standard InChI is InChI=1S/C18H30N2O5S/c1-17(2,3)11-14-10-15(25-20-14)19-16(21)18(4,5)26(22,23)12-13-6-8-24-9-7-13/h10,13H,6-9,11-12H2,1-5H3,(H,19,21). The zero-order valence-corrected chi connectivity index (χ0v) is 17.1. The Balaban J connectivity index is 2.04. The molecule has 0 radical (unpaired) electrons. The number of aromatic nitrogens is 1. The van der Waals surface area contributed by atoms with E-state index < -0.39 is 20.5 Å². The first-order valence-electron chi connectivity index (χ1n) is 8.98. The predicted molar refractivity (Wildman–Crippen MR) is 99.7 cm³/mol. The van der Waals surface area contributed by atoms with Crippen molar-refractivity contribution in [3.63, 3.8) is 0 Å². The number of carbonyl (C=O) groups is 1. The zero-order chi connectivity index (χ0) is 19.6. The van der Waals surface area contributed by atoms with Crippen molar-refractivity contribution in [1.29, 1.82) is 0 Å². The fraction of sp³-hybridized carbons (Fsp3) is 0.778. The number of ether oxygens (including phenoxy) is 1. The van der Waals surface area contributed by atoms with E-state index in [2.05, 4.69) is 31.2 Å². The van der Waals surface area contributed by atoms with Crippen LogP contribution in [0.2, 0.25) is 0 Å². The van der Waals surface area contributed by atoms with Gasteiger partial charge in [-0.1, -0.05) is 25.9 Å². The Kier molecular flexibility index (Phi) is 6.17. The van der Waals surface area contributed by atoms with E-state index in [4.69, 9.17) is 9.26 Å². The molecule has 0 aliphatic carbocycles. The van der Waals surface area contributed by atoms with Crippen molar-refractivity contribution < 1.29 is 22.5 Å². The first-order valence-corrected chi connectivity index (χ1v) is 10.6. The monoisotopic (exact) mass is 386 g/mol. The Morgan fingerprint density at radius 3 is 2.42 bits per heavy atom. The van der Waals surface area contributed by atoms with E-state index in [1.165, 1.54) is 13.8 Å². The van der Waals surface area contributed by atoms with Gasteiger partial charge in [-0.25, -0.2) is 8.42 Å². The van der Waals surface area contributed by atoms with Crippen LogP contribution in [-0.2, 0) is 25.8 Å². The molecule has 0 unspecified atom stereocenters. The van der Waals surface area contributed by atoms with Gasteiger partial charge in [0.25, 0.3) is 0 Å². The molecule has 26 heavy (non-hydrogen) atoms. The number of amides is 1. The highest BCUT2D eigenvalue weighted by Crippen LogP contribution is 2.27. The Morgan fingerprint density at radius 2 is 1.85 bits per heavy atom. The minimum Gasteiger partial charge on any atom is -0.381 e. The average molecular weight is 387 g/mol. The minimum absolute atomic E-state index is 0.0114. The molecule has 8 heteroatoms. The van der Waals surface area contributed by atoms with E-state index in [1.54, 1.807) is 6.07 Å². The topological polar surface area (TPSA) is 98.5 Å². The van der Waals surface area contributed by atoms with Crippen LogP contribution in [0.4, 0.5) is 5.88 Å². The first-order chi connectivity index (χ1) is 11.9. The summed E-state index contributed by atoms with van der Waals surface area (Å²) in [6.45, 7) is 10.2. The number of hydrogen-bond donors (Lipinski definition) is 1. The van der Waals surface area contributed by atoms with Crippen LogP contribution in [0.1, 0.15) is 53.2 Å². The molecule has 1 fully saturated rings. The van der Waals surface area contributed by atoms with Gasteiger partial charge in [0.2, 0.25) is 11.8 Å². The Morgan fingerprint density at radius 1 is 1.23 bits per heavy atom. The van der Waals surface area contributed by atoms with E-state index in [-0.39, 0.29) is 23.0 Å². The van der Waals surface area contributed by atoms with Crippen LogP contribution in [0.15, 0.2) is 10.6 Å². The molecule has 2 rings (SSSR count). The summed E-state index contributed by atoms with van der Waals surface area (Å²) in [5, 5.41) is 6.50. The second-order valence-corrected chi connectivity index (χ2v) is 11.3. The maximum absolute atomic E-state index is 12.8. The molecule has 1 N–H and O–H groups in total. The summed E-state index contributed by atoms with van der Waals surface area (Å²) in [5.74, 6) is -0.418. The van der Waals surface area contributed by atoms with Gasteiger partial charge >= 0.3 is 0 Å². The molecule has 0 atom stereocenters.